The third kappa shape index (κ3) is 50.9. The van der Waals surface area contributed by atoms with Gasteiger partial charge in [-0.05, 0) is 83.5 Å². The Morgan fingerprint density at radius 2 is 0.631 bits per heavy atom. The molecule has 0 aliphatic heterocycles. The van der Waals surface area contributed by atoms with E-state index in [9.17, 15) is 14.4 Å². The van der Waals surface area contributed by atoms with E-state index < -0.39 is 6.10 Å². The first kappa shape index (κ1) is 61.1. The Labute approximate surface area is 400 Å². The third-order valence-electron chi connectivity index (χ3n) is 10.8. The molecule has 1 atom stereocenters. The van der Waals surface area contributed by atoms with Crippen LogP contribution in [0.5, 0.6) is 0 Å². The van der Waals surface area contributed by atoms with Gasteiger partial charge in [0.1, 0.15) is 13.2 Å². The second-order valence-electron chi connectivity index (χ2n) is 17.0. The fourth-order valence-electron chi connectivity index (χ4n) is 6.90. The van der Waals surface area contributed by atoms with E-state index >= 15 is 0 Å². The second kappa shape index (κ2) is 52.7. The van der Waals surface area contributed by atoms with E-state index in [0.29, 0.717) is 19.3 Å². The van der Waals surface area contributed by atoms with Gasteiger partial charge < -0.3 is 14.2 Å². The fourth-order valence-corrected chi connectivity index (χ4v) is 6.90. The number of allylic oxidation sites excluding steroid dienone is 18. The van der Waals surface area contributed by atoms with Crippen molar-refractivity contribution in [1.29, 1.82) is 0 Å². The van der Waals surface area contributed by atoms with Crippen molar-refractivity contribution in [3.05, 3.63) is 109 Å². The number of esters is 3. The summed E-state index contributed by atoms with van der Waals surface area (Å²) in [7, 11) is 0. The Hall–Kier alpha value is -3.93. The molecule has 0 aliphatic carbocycles. The lowest BCUT2D eigenvalue weighted by atomic mass is 10.0. The molecule has 0 aromatic heterocycles. The zero-order chi connectivity index (χ0) is 47.2. The minimum Gasteiger partial charge on any atom is -0.462 e. The van der Waals surface area contributed by atoms with Crippen LogP contribution in [0.15, 0.2) is 109 Å². The molecule has 0 heterocycles. The van der Waals surface area contributed by atoms with Crippen molar-refractivity contribution in [2.24, 2.45) is 0 Å². The van der Waals surface area contributed by atoms with Gasteiger partial charge in [0.2, 0.25) is 0 Å². The van der Waals surface area contributed by atoms with Crippen LogP contribution in [-0.4, -0.2) is 37.2 Å². The van der Waals surface area contributed by atoms with E-state index in [1.807, 2.05) is 12.2 Å². The Balaban J connectivity index is 4.51. The molecule has 65 heavy (non-hydrogen) atoms. The number of ether oxygens (including phenoxy) is 3. The molecule has 0 fully saturated rings. The SMILES string of the molecule is CC/C=C\C/C=C\C/C=C\C/C=C\C/C=C\C/C=C\CCC(=O)OCC(COC(=O)CCC/C=C\C/C=C\C/C=C\CC)OC(=O)CCCCCCCCCCCCCCCCCCC. The van der Waals surface area contributed by atoms with E-state index in [1.165, 1.54) is 89.9 Å². The Morgan fingerprint density at radius 3 is 1.02 bits per heavy atom. The highest BCUT2D eigenvalue weighted by molar-refractivity contribution is 5.71. The summed E-state index contributed by atoms with van der Waals surface area (Å²) in [6, 6.07) is 0. The molecular formula is C59H96O6. The van der Waals surface area contributed by atoms with Crippen LogP contribution < -0.4 is 0 Å². The number of carbonyl (C=O) groups is 3. The van der Waals surface area contributed by atoms with Crippen molar-refractivity contribution in [1.82, 2.24) is 0 Å². The molecule has 0 aromatic rings. The first-order valence-electron chi connectivity index (χ1n) is 26.4. The van der Waals surface area contributed by atoms with Gasteiger partial charge in [-0.1, -0.05) is 233 Å². The van der Waals surface area contributed by atoms with Crippen LogP contribution in [0.3, 0.4) is 0 Å². The lowest BCUT2D eigenvalue weighted by Crippen LogP contribution is -2.30. The average molecular weight is 901 g/mol. The summed E-state index contributed by atoms with van der Waals surface area (Å²) in [6.45, 7) is 6.29. The second-order valence-corrected chi connectivity index (χ2v) is 17.0. The molecule has 0 N–H and O–H groups in total. The summed E-state index contributed by atoms with van der Waals surface area (Å²) in [4.78, 5) is 37.9. The van der Waals surface area contributed by atoms with E-state index in [0.717, 1.165) is 83.5 Å². The maximum absolute atomic E-state index is 12.8. The topological polar surface area (TPSA) is 78.9 Å². The molecule has 0 saturated carbocycles. The van der Waals surface area contributed by atoms with Crippen LogP contribution in [0.25, 0.3) is 0 Å². The summed E-state index contributed by atoms with van der Waals surface area (Å²) in [5.74, 6) is -1.06. The standard InChI is InChI=1S/C59H96O6/c1-4-7-10-13-16-19-22-24-26-28-29-31-32-34-37-40-43-46-49-52-58(61)64-55-56(54-63-57(60)51-48-45-42-39-36-21-18-15-12-9-6-3)65-59(62)53-50-47-44-41-38-35-33-30-27-25-23-20-17-14-11-8-5-2/h7,9-10,12,16,18-19,21,24,26,29,31,34,37,39,42-43,46,56H,4-6,8,11,13-15,17,20,22-23,25,27-28,30,32-33,35-36,38,40-41,44-45,47-55H2,1-3H3/b10-7-,12-9-,19-16-,21-18-,26-24-,31-29-,37-34-,42-39-,46-43-. The fraction of sp³-hybridized carbons (Fsp3) is 0.644. The molecule has 6 heteroatoms. The van der Waals surface area contributed by atoms with Gasteiger partial charge in [0.15, 0.2) is 6.10 Å². The molecule has 0 saturated heterocycles. The van der Waals surface area contributed by atoms with Gasteiger partial charge in [-0.2, -0.15) is 0 Å². The summed E-state index contributed by atoms with van der Waals surface area (Å²) in [6.07, 6.45) is 71.0. The molecule has 0 spiro atoms. The lowest BCUT2D eigenvalue weighted by molar-refractivity contribution is -0.166. The van der Waals surface area contributed by atoms with Gasteiger partial charge in [-0.15, -0.1) is 0 Å². The van der Waals surface area contributed by atoms with Gasteiger partial charge in [-0.3, -0.25) is 14.4 Å². The lowest BCUT2D eigenvalue weighted by Gasteiger charge is -2.18. The van der Waals surface area contributed by atoms with E-state index in [2.05, 4.69) is 118 Å². The summed E-state index contributed by atoms with van der Waals surface area (Å²) >= 11 is 0. The number of carbonyl (C=O) groups excluding carboxylic acids is 3. The number of unbranched alkanes of at least 4 members (excludes halogenated alkanes) is 17. The molecule has 0 bridgehead atoms. The maximum atomic E-state index is 12.8. The first-order valence-corrected chi connectivity index (χ1v) is 26.4. The molecule has 368 valence electrons. The van der Waals surface area contributed by atoms with Gasteiger partial charge >= 0.3 is 17.9 Å². The zero-order valence-electron chi connectivity index (χ0n) is 42.0. The Kier molecular flexibility index (Phi) is 49.5. The largest absolute Gasteiger partial charge is 0.462 e. The van der Waals surface area contributed by atoms with Crippen molar-refractivity contribution in [3.8, 4) is 0 Å². The molecule has 0 aromatic carbocycles. The first-order chi connectivity index (χ1) is 32.0. The highest BCUT2D eigenvalue weighted by atomic mass is 16.6. The zero-order valence-corrected chi connectivity index (χ0v) is 42.0. The van der Waals surface area contributed by atoms with Gasteiger partial charge in [0.05, 0.1) is 0 Å². The Bertz CT molecular complexity index is 1360. The van der Waals surface area contributed by atoms with Crippen molar-refractivity contribution in [2.75, 3.05) is 13.2 Å². The van der Waals surface area contributed by atoms with E-state index in [-0.39, 0.29) is 44.0 Å². The van der Waals surface area contributed by atoms with Crippen LogP contribution in [0.2, 0.25) is 0 Å². The van der Waals surface area contributed by atoms with Crippen LogP contribution >= 0.6 is 0 Å². The predicted octanol–water partition coefficient (Wildman–Crippen LogP) is 17.5. The summed E-state index contributed by atoms with van der Waals surface area (Å²) < 4.78 is 16.7. The monoisotopic (exact) mass is 901 g/mol. The maximum Gasteiger partial charge on any atom is 0.306 e. The molecule has 0 rings (SSSR count). The number of hydrogen-bond acceptors (Lipinski definition) is 6. The van der Waals surface area contributed by atoms with Gasteiger partial charge in [-0.25, -0.2) is 0 Å². The minimum atomic E-state index is -0.828. The van der Waals surface area contributed by atoms with Crippen LogP contribution in [0.4, 0.5) is 0 Å². The van der Waals surface area contributed by atoms with Crippen molar-refractivity contribution in [3.63, 3.8) is 0 Å². The third-order valence-corrected chi connectivity index (χ3v) is 10.8. The molecule has 1 unspecified atom stereocenters. The van der Waals surface area contributed by atoms with Gasteiger partial charge in [0.25, 0.3) is 0 Å². The quantitative estimate of drug-likeness (QED) is 0.0262. The van der Waals surface area contributed by atoms with Gasteiger partial charge in [0, 0.05) is 19.3 Å². The molecule has 0 radical (unpaired) electrons. The summed E-state index contributed by atoms with van der Waals surface area (Å²) in [5, 5.41) is 0. The smallest absolute Gasteiger partial charge is 0.306 e. The van der Waals surface area contributed by atoms with E-state index in [1.54, 1.807) is 0 Å². The van der Waals surface area contributed by atoms with Crippen molar-refractivity contribution >= 4 is 17.9 Å². The molecule has 0 aliphatic rings. The van der Waals surface area contributed by atoms with Crippen LogP contribution in [0, 0.1) is 0 Å². The normalized spacial score (nSPS) is 13.0. The van der Waals surface area contributed by atoms with Crippen LogP contribution in [-0.2, 0) is 28.6 Å². The molecule has 0 amide bonds. The number of hydrogen-bond donors (Lipinski definition) is 0. The molecule has 6 nitrogen and oxygen atoms in total. The number of rotatable bonds is 46. The minimum absolute atomic E-state index is 0.128. The predicted molar refractivity (Wildman–Crippen MR) is 279 cm³/mol. The summed E-state index contributed by atoms with van der Waals surface area (Å²) in [5.41, 5.74) is 0. The highest BCUT2D eigenvalue weighted by Crippen LogP contribution is 2.15. The Morgan fingerprint density at radius 1 is 0.323 bits per heavy atom. The highest BCUT2D eigenvalue weighted by Gasteiger charge is 2.19. The van der Waals surface area contributed by atoms with E-state index in [4.69, 9.17) is 14.2 Å². The van der Waals surface area contributed by atoms with Crippen molar-refractivity contribution < 1.29 is 28.6 Å². The average Bonchev–Trinajstić information content (AvgIpc) is 3.30. The van der Waals surface area contributed by atoms with Crippen molar-refractivity contribution in [2.45, 2.75) is 232 Å². The van der Waals surface area contributed by atoms with Crippen LogP contribution in [0.1, 0.15) is 226 Å². The molecular weight excluding hydrogens is 805 g/mol.